The molecule has 0 amide bonds. The minimum absolute atomic E-state index is 0.520. The summed E-state index contributed by atoms with van der Waals surface area (Å²) in [6.45, 7) is 0. The lowest BCUT2D eigenvalue weighted by Crippen LogP contribution is -1.94. The summed E-state index contributed by atoms with van der Waals surface area (Å²) < 4.78 is 18.4. The van der Waals surface area contributed by atoms with Crippen molar-refractivity contribution in [2.75, 3.05) is 12.0 Å². The number of rotatable bonds is 1. The van der Waals surface area contributed by atoms with Crippen molar-refractivity contribution in [1.82, 2.24) is 0 Å². The van der Waals surface area contributed by atoms with E-state index in [1.54, 1.807) is 24.3 Å². The maximum Gasteiger partial charge on any atom is 0.0696 e. The highest BCUT2D eigenvalue weighted by Gasteiger charge is 2.00. The summed E-state index contributed by atoms with van der Waals surface area (Å²) in [6.07, 6.45) is 1.39. The number of hydrogen-bond donors (Lipinski definition) is 2. The van der Waals surface area contributed by atoms with E-state index in [1.807, 2.05) is 0 Å². The van der Waals surface area contributed by atoms with Gasteiger partial charge in [0.15, 0.2) is 0 Å². The van der Waals surface area contributed by atoms with Gasteiger partial charge in [0.2, 0.25) is 0 Å². The second-order valence-electron chi connectivity index (χ2n) is 2.41. The summed E-state index contributed by atoms with van der Waals surface area (Å²) in [6, 6.07) is 6.52. The third-order valence-corrected chi connectivity index (χ3v) is 2.50. The molecule has 0 heterocycles. The van der Waals surface area contributed by atoms with Gasteiger partial charge in [-0.25, -0.2) is 8.99 Å². The molecule has 0 spiro atoms. The normalized spacial score (nSPS) is 15.7. The number of nitrogens with one attached hydrogen (secondary N) is 1. The minimum Gasteiger partial charge on any atom is -0.399 e. The molecule has 3 N–H and O–H groups in total. The summed E-state index contributed by atoms with van der Waals surface area (Å²) >= 11 is 0. The van der Waals surface area contributed by atoms with E-state index in [0.29, 0.717) is 10.6 Å². The molecule has 0 bridgehead atoms. The zero-order valence-corrected chi connectivity index (χ0v) is 7.02. The molecule has 0 aliphatic heterocycles. The molecule has 0 aliphatic carbocycles. The van der Waals surface area contributed by atoms with E-state index in [0.717, 1.165) is 0 Å². The fourth-order valence-corrected chi connectivity index (χ4v) is 1.38. The van der Waals surface area contributed by atoms with Crippen LogP contribution >= 0.6 is 0 Å². The van der Waals surface area contributed by atoms with Crippen LogP contribution < -0.4 is 5.73 Å². The first kappa shape index (κ1) is 8.07. The topological polar surface area (TPSA) is 66.9 Å². The molecule has 1 aromatic carbocycles. The maximum absolute atomic E-state index is 11.1. The first-order valence-corrected chi connectivity index (χ1v) is 5.06. The molecule has 0 unspecified atom stereocenters. The fraction of sp³-hybridized carbons (Fsp3) is 0.143. The lowest BCUT2D eigenvalue weighted by atomic mass is 10.3. The van der Waals surface area contributed by atoms with Crippen LogP contribution in [0.5, 0.6) is 0 Å². The Morgan fingerprint density at radius 2 is 1.82 bits per heavy atom. The van der Waals surface area contributed by atoms with Crippen molar-refractivity contribution in [2.45, 2.75) is 4.90 Å². The summed E-state index contributed by atoms with van der Waals surface area (Å²) in [5, 5.41) is 0. The first-order chi connectivity index (χ1) is 5.00. The predicted octanol–water partition coefficient (Wildman–Crippen LogP) is 1.30. The van der Waals surface area contributed by atoms with Gasteiger partial charge in [-0.05, 0) is 24.3 Å². The molecule has 60 valence electrons. The van der Waals surface area contributed by atoms with Crippen molar-refractivity contribution < 1.29 is 4.21 Å². The van der Waals surface area contributed by atoms with Crippen LogP contribution in [0.3, 0.4) is 0 Å². The summed E-state index contributed by atoms with van der Waals surface area (Å²) in [7, 11) is -2.58. The van der Waals surface area contributed by atoms with E-state index >= 15 is 0 Å². The van der Waals surface area contributed by atoms with Gasteiger partial charge in [0.1, 0.15) is 0 Å². The van der Waals surface area contributed by atoms with E-state index < -0.39 is 9.73 Å². The molecule has 3 nitrogen and oxygen atoms in total. The standard InChI is InChI=1S/C7H10N2OS/c1-11(9,10)7-4-2-6(8)3-5-7/h2-5,9H,8H2,1H3/t11-/m0/s1. The Morgan fingerprint density at radius 1 is 1.36 bits per heavy atom. The molecule has 0 saturated heterocycles. The average molecular weight is 170 g/mol. The maximum atomic E-state index is 11.1. The molecule has 0 saturated carbocycles. The van der Waals surface area contributed by atoms with E-state index in [4.69, 9.17) is 10.5 Å². The van der Waals surface area contributed by atoms with Crippen LogP contribution in [0.1, 0.15) is 0 Å². The van der Waals surface area contributed by atoms with Crippen LogP contribution in [-0.4, -0.2) is 10.5 Å². The van der Waals surface area contributed by atoms with Crippen molar-refractivity contribution in [1.29, 1.82) is 4.78 Å². The van der Waals surface area contributed by atoms with Crippen LogP contribution in [0, 0.1) is 4.78 Å². The fourth-order valence-electron chi connectivity index (χ4n) is 0.728. The molecule has 1 atom stereocenters. The Labute approximate surface area is 66.2 Å². The highest BCUT2D eigenvalue weighted by molar-refractivity contribution is 7.91. The van der Waals surface area contributed by atoms with E-state index in [1.165, 1.54) is 6.26 Å². The Bertz CT molecular complexity index is 339. The van der Waals surface area contributed by atoms with Crippen molar-refractivity contribution in [3.63, 3.8) is 0 Å². The molecule has 0 fully saturated rings. The molecule has 0 aromatic heterocycles. The summed E-state index contributed by atoms with van der Waals surface area (Å²) in [5.41, 5.74) is 6.04. The van der Waals surface area contributed by atoms with E-state index in [-0.39, 0.29) is 0 Å². The minimum atomic E-state index is -2.58. The summed E-state index contributed by atoms with van der Waals surface area (Å²) in [4.78, 5) is 0.520. The van der Waals surface area contributed by atoms with Crippen molar-refractivity contribution in [2.24, 2.45) is 0 Å². The molecular formula is C7H10N2OS. The zero-order chi connectivity index (χ0) is 8.48. The first-order valence-electron chi connectivity index (χ1n) is 3.09. The number of anilines is 1. The highest BCUT2D eigenvalue weighted by atomic mass is 32.2. The van der Waals surface area contributed by atoms with Gasteiger partial charge in [-0.1, -0.05) is 0 Å². The van der Waals surface area contributed by atoms with Crippen LogP contribution in [0.4, 0.5) is 5.69 Å². The summed E-state index contributed by atoms with van der Waals surface area (Å²) in [5.74, 6) is 0. The van der Waals surface area contributed by atoms with Gasteiger partial charge in [0, 0.05) is 16.8 Å². The van der Waals surface area contributed by atoms with Gasteiger partial charge >= 0.3 is 0 Å². The van der Waals surface area contributed by atoms with Crippen LogP contribution in [0.25, 0.3) is 0 Å². The van der Waals surface area contributed by atoms with E-state index in [2.05, 4.69) is 0 Å². The highest BCUT2D eigenvalue weighted by Crippen LogP contribution is 2.11. The molecule has 1 aromatic rings. The zero-order valence-electron chi connectivity index (χ0n) is 6.20. The average Bonchev–Trinajstić information content (AvgIpc) is 1.86. The third-order valence-electron chi connectivity index (χ3n) is 1.33. The molecule has 0 radical (unpaired) electrons. The number of hydrogen-bond acceptors (Lipinski definition) is 3. The van der Waals surface area contributed by atoms with Crippen LogP contribution in [0.2, 0.25) is 0 Å². The second-order valence-corrected chi connectivity index (χ2v) is 4.57. The van der Waals surface area contributed by atoms with Gasteiger partial charge in [0.05, 0.1) is 9.73 Å². The second kappa shape index (κ2) is 2.54. The van der Waals surface area contributed by atoms with E-state index in [9.17, 15) is 4.21 Å². The van der Waals surface area contributed by atoms with Gasteiger partial charge < -0.3 is 5.73 Å². The van der Waals surface area contributed by atoms with Gasteiger partial charge in [0.25, 0.3) is 0 Å². The molecular weight excluding hydrogens is 160 g/mol. The van der Waals surface area contributed by atoms with Gasteiger partial charge in [-0.2, -0.15) is 0 Å². The molecule has 1 rings (SSSR count). The molecule has 4 heteroatoms. The number of nitrogen functional groups attached to an aromatic ring is 1. The van der Waals surface area contributed by atoms with Crippen molar-refractivity contribution >= 4 is 15.4 Å². The Balaban J connectivity index is 3.20. The Hall–Kier alpha value is -1.03. The number of nitrogens with two attached hydrogens (primary N) is 1. The van der Waals surface area contributed by atoms with Crippen molar-refractivity contribution in [3.8, 4) is 0 Å². The predicted molar refractivity (Wildman–Crippen MR) is 45.9 cm³/mol. The third kappa shape index (κ3) is 1.94. The lowest BCUT2D eigenvalue weighted by Gasteiger charge is -1.99. The molecule has 11 heavy (non-hydrogen) atoms. The quantitative estimate of drug-likeness (QED) is 0.624. The lowest BCUT2D eigenvalue weighted by molar-refractivity contribution is 0.679. The largest absolute Gasteiger partial charge is 0.399 e. The van der Waals surface area contributed by atoms with Gasteiger partial charge in [-0.3, -0.25) is 0 Å². The Morgan fingerprint density at radius 3 is 2.18 bits per heavy atom. The smallest absolute Gasteiger partial charge is 0.0696 e. The number of benzene rings is 1. The molecule has 0 aliphatic rings. The van der Waals surface area contributed by atoms with Crippen LogP contribution in [0.15, 0.2) is 29.2 Å². The van der Waals surface area contributed by atoms with Crippen LogP contribution in [-0.2, 0) is 9.73 Å². The monoisotopic (exact) mass is 170 g/mol. The SMILES string of the molecule is C[S@](=N)(=O)c1ccc(N)cc1. The van der Waals surface area contributed by atoms with Gasteiger partial charge in [-0.15, -0.1) is 0 Å². The Kier molecular flexibility index (Phi) is 1.87. The van der Waals surface area contributed by atoms with Crippen molar-refractivity contribution in [3.05, 3.63) is 24.3 Å².